The molecule has 2 aliphatic carbocycles. The van der Waals surface area contributed by atoms with Gasteiger partial charge in [-0.15, -0.1) is 0 Å². The van der Waals surface area contributed by atoms with Crippen molar-refractivity contribution in [3.63, 3.8) is 0 Å². The highest BCUT2D eigenvalue weighted by Crippen LogP contribution is 2.43. The zero-order chi connectivity index (χ0) is 17.5. The molecule has 0 radical (unpaired) electrons. The van der Waals surface area contributed by atoms with Crippen molar-refractivity contribution in [2.45, 2.75) is 95.9 Å². The summed E-state index contributed by atoms with van der Waals surface area (Å²) in [4.78, 5) is 0. The van der Waals surface area contributed by atoms with Crippen molar-refractivity contribution in [2.75, 3.05) is 13.2 Å². The monoisotopic (exact) mass is 350 g/mol. The summed E-state index contributed by atoms with van der Waals surface area (Å²) in [6.07, 6.45) is 0.369. The predicted molar refractivity (Wildman–Crippen MR) is 89.4 cm³/mol. The van der Waals surface area contributed by atoms with E-state index in [4.69, 9.17) is 9.47 Å². The minimum absolute atomic E-state index is 0.0656. The molecule has 0 spiro atoms. The normalized spacial score (nSPS) is 40.6. The van der Waals surface area contributed by atoms with Gasteiger partial charge in [-0.25, -0.2) is 13.2 Å². The first-order valence-electron chi connectivity index (χ1n) is 9.73. The van der Waals surface area contributed by atoms with Crippen molar-refractivity contribution in [1.82, 2.24) is 0 Å². The molecule has 0 amide bonds. The van der Waals surface area contributed by atoms with Crippen LogP contribution in [0.5, 0.6) is 0 Å². The van der Waals surface area contributed by atoms with E-state index in [1.807, 2.05) is 13.8 Å². The molecule has 0 N–H and O–H groups in total. The van der Waals surface area contributed by atoms with Gasteiger partial charge in [-0.1, -0.05) is 20.3 Å². The lowest BCUT2D eigenvalue weighted by Gasteiger charge is -2.42. The lowest BCUT2D eigenvalue weighted by atomic mass is 9.70. The van der Waals surface area contributed by atoms with E-state index in [0.29, 0.717) is 38.9 Å². The molecule has 142 valence electrons. The zero-order valence-corrected chi connectivity index (χ0v) is 15.1. The number of hydrogen-bond donors (Lipinski definition) is 0. The van der Waals surface area contributed by atoms with Crippen molar-refractivity contribution < 1.29 is 22.6 Å². The topological polar surface area (TPSA) is 18.5 Å². The standard InChI is InChI=1S/C19H33F3O2/c1-3-5-11-24-17-9-8-15(18(21)19(17)22)14-7-6-13(12-16(14)20)23-10-4-2/h13-19H,3-12H2,1-2H3. The number of alkyl halides is 3. The number of rotatable bonds is 8. The van der Waals surface area contributed by atoms with Crippen LogP contribution in [0.4, 0.5) is 13.2 Å². The number of unbranched alkanes of at least 4 members (excludes halogenated alkanes) is 1. The second-order valence-electron chi connectivity index (χ2n) is 7.38. The molecule has 0 aliphatic heterocycles. The van der Waals surface area contributed by atoms with Crippen LogP contribution < -0.4 is 0 Å². The molecule has 2 nitrogen and oxygen atoms in total. The molecule has 0 aromatic carbocycles. The molecule has 0 aromatic rings. The molecule has 5 heteroatoms. The van der Waals surface area contributed by atoms with E-state index >= 15 is 0 Å². The lowest BCUT2D eigenvalue weighted by Crippen LogP contribution is -2.48. The quantitative estimate of drug-likeness (QED) is 0.561. The van der Waals surface area contributed by atoms with Crippen LogP contribution in [0, 0.1) is 11.8 Å². The molecule has 2 aliphatic rings. The molecule has 0 heterocycles. The summed E-state index contributed by atoms with van der Waals surface area (Å²) in [5.74, 6) is -0.899. The summed E-state index contributed by atoms with van der Waals surface area (Å²) >= 11 is 0. The van der Waals surface area contributed by atoms with Crippen LogP contribution >= 0.6 is 0 Å². The van der Waals surface area contributed by atoms with Gasteiger partial charge in [-0.3, -0.25) is 0 Å². The maximum Gasteiger partial charge on any atom is 0.157 e. The van der Waals surface area contributed by atoms with E-state index in [1.165, 1.54) is 0 Å². The molecular weight excluding hydrogens is 317 g/mol. The van der Waals surface area contributed by atoms with Crippen LogP contribution in [0.25, 0.3) is 0 Å². The third-order valence-corrected chi connectivity index (χ3v) is 5.56. The van der Waals surface area contributed by atoms with E-state index in [0.717, 1.165) is 25.7 Å². The van der Waals surface area contributed by atoms with E-state index in [9.17, 15) is 13.2 Å². The van der Waals surface area contributed by atoms with Gasteiger partial charge in [-0.2, -0.15) is 0 Å². The van der Waals surface area contributed by atoms with E-state index in [1.54, 1.807) is 0 Å². The van der Waals surface area contributed by atoms with Crippen LogP contribution in [0.3, 0.4) is 0 Å². The Bertz CT molecular complexity index is 356. The van der Waals surface area contributed by atoms with Crippen molar-refractivity contribution in [3.8, 4) is 0 Å². The van der Waals surface area contributed by atoms with E-state index in [2.05, 4.69) is 0 Å². The Labute approximate surface area is 144 Å². The Hall–Kier alpha value is -0.290. The van der Waals surface area contributed by atoms with Gasteiger partial charge in [0.2, 0.25) is 0 Å². The Morgan fingerprint density at radius 1 is 0.792 bits per heavy atom. The van der Waals surface area contributed by atoms with Gasteiger partial charge in [0.05, 0.1) is 12.2 Å². The fraction of sp³-hybridized carbons (Fsp3) is 1.00. The molecule has 0 aromatic heterocycles. The molecule has 2 fully saturated rings. The summed E-state index contributed by atoms with van der Waals surface area (Å²) in [6, 6.07) is 0. The largest absolute Gasteiger partial charge is 0.378 e. The van der Waals surface area contributed by atoms with Crippen LogP contribution in [0.1, 0.15) is 65.2 Å². The first-order chi connectivity index (χ1) is 11.6. The first-order valence-corrected chi connectivity index (χ1v) is 9.73. The number of ether oxygens (including phenoxy) is 2. The van der Waals surface area contributed by atoms with Gasteiger partial charge in [0.15, 0.2) is 6.17 Å². The van der Waals surface area contributed by atoms with Gasteiger partial charge >= 0.3 is 0 Å². The minimum atomic E-state index is -1.62. The number of hydrogen-bond acceptors (Lipinski definition) is 2. The molecular formula is C19H33F3O2. The maximum absolute atomic E-state index is 14.6. The number of halogens is 3. The molecule has 0 bridgehead atoms. The maximum atomic E-state index is 14.6. The van der Waals surface area contributed by atoms with Crippen LogP contribution in [-0.2, 0) is 9.47 Å². The van der Waals surface area contributed by atoms with E-state index in [-0.39, 0.29) is 12.0 Å². The highest BCUT2D eigenvalue weighted by atomic mass is 19.2. The zero-order valence-electron chi connectivity index (χ0n) is 15.1. The lowest BCUT2D eigenvalue weighted by molar-refractivity contribution is -0.102. The average molecular weight is 350 g/mol. The van der Waals surface area contributed by atoms with Crippen molar-refractivity contribution >= 4 is 0 Å². The minimum Gasteiger partial charge on any atom is -0.378 e. The summed E-state index contributed by atoms with van der Waals surface area (Å²) in [6.45, 7) is 5.17. The Morgan fingerprint density at radius 2 is 1.54 bits per heavy atom. The molecule has 0 saturated heterocycles. The second-order valence-corrected chi connectivity index (χ2v) is 7.38. The Balaban J connectivity index is 1.84. The summed E-state index contributed by atoms with van der Waals surface area (Å²) in [5.41, 5.74) is 0. The van der Waals surface area contributed by atoms with E-state index < -0.39 is 30.5 Å². The summed E-state index contributed by atoms with van der Waals surface area (Å²) in [5, 5.41) is 0. The Kier molecular flexibility index (Phi) is 8.35. The van der Waals surface area contributed by atoms with Gasteiger partial charge in [0.1, 0.15) is 12.3 Å². The van der Waals surface area contributed by atoms with Gasteiger partial charge in [0.25, 0.3) is 0 Å². The second kappa shape index (κ2) is 10.0. The average Bonchev–Trinajstić information content (AvgIpc) is 2.58. The van der Waals surface area contributed by atoms with Gasteiger partial charge in [-0.05, 0) is 50.4 Å². The Morgan fingerprint density at radius 3 is 2.21 bits per heavy atom. The summed E-state index contributed by atoms with van der Waals surface area (Å²) in [7, 11) is 0. The summed E-state index contributed by atoms with van der Waals surface area (Å²) < 4.78 is 54.7. The SMILES string of the molecule is CCCCOC1CCC(C2CCC(OCCC)CC2F)C(F)C1F. The fourth-order valence-corrected chi connectivity index (χ4v) is 4.14. The van der Waals surface area contributed by atoms with Crippen LogP contribution in [0.2, 0.25) is 0 Å². The van der Waals surface area contributed by atoms with Crippen molar-refractivity contribution in [2.24, 2.45) is 11.8 Å². The molecule has 24 heavy (non-hydrogen) atoms. The predicted octanol–water partition coefficient (Wildman–Crippen LogP) is 5.19. The van der Waals surface area contributed by atoms with Crippen LogP contribution in [-0.4, -0.2) is 43.9 Å². The molecule has 2 rings (SSSR count). The third-order valence-electron chi connectivity index (χ3n) is 5.56. The first kappa shape index (κ1) is 20.0. The highest BCUT2D eigenvalue weighted by Gasteiger charge is 2.47. The highest BCUT2D eigenvalue weighted by molar-refractivity contribution is 4.95. The van der Waals surface area contributed by atoms with Crippen molar-refractivity contribution in [3.05, 3.63) is 0 Å². The molecule has 7 atom stereocenters. The smallest absolute Gasteiger partial charge is 0.157 e. The van der Waals surface area contributed by atoms with Gasteiger partial charge in [0, 0.05) is 19.6 Å². The van der Waals surface area contributed by atoms with Crippen LogP contribution in [0.15, 0.2) is 0 Å². The van der Waals surface area contributed by atoms with Crippen molar-refractivity contribution in [1.29, 1.82) is 0 Å². The molecule has 2 saturated carbocycles. The molecule has 7 unspecified atom stereocenters. The fourth-order valence-electron chi connectivity index (χ4n) is 4.14. The third kappa shape index (κ3) is 5.10. The van der Waals surface area contributed by atoms with Gasteiger partial charge < -0.3 is 9.47 Å².